The number of nitrogens with zero attached hydrogens (tertiary/aromatic N) is 1. The van der Waals surface area contributed by atoms with Gasteiger partial charge in [-0.2, -0.15) is 0 Å². The van der Waals surface area contributed by atoms with E-state index in [2.05, 4.69) is 36.2 Å². The first-order chi connectivity index (χ1) is 13.7. The largest absolute Gasteiger partial charge is 0.460 e. The van der Waals surface area contributed by atoms with Gasteiger partial charge < -0.3 is 4.74 Å². The minimum absolute atomic E-state index is 0. The summed E-state index contributed by atoms with van der Waals surface area (Å²) in [6.45, 7) is 1.54. The molecule has 0 amide bonds. The van der Waals surface area contributed by atoms with Gasteiger partial charge >= 0.3 is 5.97 Å². The zero-order chi connectivity index (χ0) is 19.4. The molecule has 3 aromatic carbocycles. The molecule has 1 unspecified atom stereocenters. The van der Waals surface area contributed by atoms with Gasteiger partial charge in [-0.1, -0.05) is 91.0 Å². The Morgan fingerprint density at radius 3 is 1.86 bits per heavy atom. The Bertz CT molecular complexity index is 876. The molecule has 0 aromatic heterocycles. The van der Waals surface area contributed by atoms with Crippen LogP contribution in [-0.4, -0.2) is 30.6 Å². The van der Waals surface area contributed by atoms with Gasteiger partial charge in [0.15, 0.2) is 0 Å². The lowest BCUT2D eigenvalue weighted by Crippen LogP contribution is -2.33. The maximum atomic E-state index is 13.2. The molecule has 0 radical (unpaired) electrons. The van der Waals surface area contributed by atoms with E-state index in [0.717, 1.165) is 17.7 Å². The molecule has 0 spiro atoms. The molecule has 3 nitrogen and oxygen atoms in total. The Hall–Kier alpha value is -2.62. The Kier molecular flexibility index (Phi) is 6.73. The minimum atomic E-state index is -0.735. The summed E-state index contributed by atoms with van der Waals surface area (Å²) in [7, 11) is 2.08. The third-order valence-electron chi connectivity index (χ3n) is 5.50. The van der Waals surface area contributed by atoms with Crippen LogP contribution in [0.25, 0.3) is 0 Å². The molecule has 1 atom stereocenters. The van der Waals surface area contributed by atoms with Crippen LogP contribution in [0.4, 0.5) is 0 Å². The molecule has 29 heavy (non-hydrogen) atoms. The molecule has 3 aromatic rings. The van der Waals surface area contributed by atoms with Crippen LogP contribution in [0.3, 0.4) is 0 Å². The Labute approximate surface area is 178 Å². The first-order valence-corrected chi connectivity index (χ1v) is 9.73. The number of carbonyl (C=O) groups excluding carboxylic acids is 1. The fourth-order valence-electron chi connectivity index (χ4n) is 4.21. The third kappa shape index (κ3) is 4.36. The number of likely N-dealkylation sites (N-methyl/N-ethyl adjacent to an activating group) is 1. The molecule has 0 aliphatic carbocycles. The molecule has 150 valence electrons. The fourth-order valence-corrected chi connectivity index (χ4v) is 4.21. The number of hydrogen-bond donors (Lipinski definition) is 0. The monoisotopic (exact) mass is 407 g/mol. The summed E-state index contributed by atoms with van der Waals surface area (Å²) in [6.07, 6.45) is 0.514. The van der Waals surface area contributed by atoms with Crippen LogP contribution in [0, 0.1) is 0 Å². The number of halogens is 1. The molecular formula is C25H26ClNO2. The van der Waals surface area contributed by atoms with Crippen LogP contribution in [0.1, 0.15) is 23.1 Å². The standard InChI is InChI=1S/C25H25NO2.ClH/c1-26(18-20-11-5-2-6-12-20)19-23-17-25(24(27)28-23,21-13-7-3-8-14-21)22-15-9-4-10-16-22;/h2-16,23H,17-19H2,1H3;1H. The first-order valence-electron chi connectivity index (χ1n) is 9.73. The number of cyclic esters (lactones) is 1. The van der Waals surface area contributed by atoms with E-state index in [9.17, 15) is 4.79 Å². The van der Waals surface area contributed by atoms with E-state index in [1.54, 1.807) is 0 Å². The van der Waals surface area contributed by atoms with Crippen LogP contribution < -0.4 is 0 Å². The number of rotatable bonds is 6. The summed E-state index contributed by atoms with van der Waals surface area (Å²) >= 11 is 0. The predicted molar refractivity (Wildman–Crippen MR) is 118 cm³/mol. The quantitative estimate of drug-likeness (QED) is 0.547. The van der Waals surface area contributed by atoms with Crippen molar-refractivity contribution in [2.24, 2.45) is 0 Å². The fraction of sp³-hybridized carbons (Fsp3) is 0.240. The second-order valence-electron chi connectivity index (χ2n) is 7.55. The normalized spacial score (nSPS) is 17.6. The van der Waals surface area contributed by atoms with Gasteiger partial charge in [0.2, 0.25) is 0 Å². The highest BCUT2D eigenvalue weighted by molar-refractivity contribution is 5.89. The average molecular weight is 408 g/mol. The molecule has 0 bridgehead atoms. The van der Waals surface area contributed by atoms with Gasteiger partial charge in [0.25, 0.3) is 0 Å². The van der Waals surface area contributed by atoms with Crippen molar-refractivity contribution < 1.29 is 9.53 Å². The van der Waals surface area contributed by atoms with E-state index >= 15 is 0 Å². The van der Waals surface area contributed by atoms with Crippen molar-refractivity contribution in [1.82, 2.24) is 4.90 Å². The number of ether oxygens (including phenoxy) is 1. The number of hydrogen-bond acceptors (Lipinski definition) is 3. The molecule has 1 fully saturated rings. The summed E-state index contributed by atoms with van der Waals surface area (Å²) in [5.41, 5.74) is 2.52. The van der Waals surface area contributed by atoms with Crippen LogP contribution in [-0.2, 0) is 21.5 Å². The van der Waals surface area contributed by atoms with Gasteiger partial charge in [0.1, 0.15) is 11.5 Å². The van der Waals surface area contributed by atoms with E-state index in [1.807, 2.05) is 66.7 Å². The van der Waals surface area contributed by atoms with Crippen molar-refractivity contribution in [3.05, 3.63) is 108 Å². The van der Waals surface area contributed by atoms with Crippen molar-refractivity contribution >= 4 is 18.4 Å². The van der Waals surface area contributed by atoms with Crippen molar-refractivity contribution in [3.63, 3.8) is 0 Å². The summed E-state index contributed by atoms with van der Waals surface area (Å²) in [4.78, 5) is 15.4. The summed E-state index contributed by atoms with van der Waals surface area (Å²) in [6, 6.07) is 30.4. The highest BCUT2D eigenvalue weighted by Crippen LogP contribution is 2.43. The van der Waals surface area contributed by atoms with Crippen LogP contribution >= 0.6 is 12.4 Å². The van der Waals surface area contributed by atoms with Crippen molar-refractivity contribution in [1.29, 1.82) is 0 Å². The average Bonchev–Trinajstić information content (AvgIpc) is 3.06. The third-order valence-corrected chi connectivity index (χ3v) is 5.50. The maximum absolute atomic E-state index is 13.2. The first kappa shape index (κ1) is 21.1. The SMILES string of the molecule is CN(Cc1ccccc1)CC1CC(c2ccccc2)(c2ccccc2)C(=O)O1.Cl. The highest BCUT2D eigenvalue weighted by atomic mass is 35.5. The zero-order valence-electron chi connectivity index (χ0n) is 16.5. The lowest BCUT2D eigenvalue weighted by atomic mass is 9.72. The van der Waals surface area contributed by atoms with Gasteiger partial charge in [-0.05, 0) is 23.7 Å². The van der Waals surface area contributed by atoms with Gasteiger partial charge in [0, 0.05) is 19.5 Å². The Morgan fingerprint density at radius 1 is 0.862 bits per heavy atom. The molecule has 1 heterocycles. The zero-order valence-corrected chi connectivity index (χ0v) is 17.3. The molecule has 1 saturated heterocycles. The van der Waals surface area contributed by atoms with E-state index in [4.69, 9.17) is 4.74 Å². The summed E-state index contributed by atoms with van der Waals surface area (Å²) in [5.74, 6) is -0.150. The molecule has 0 N–H and O–H groups in total. The van der Waals surface area contributed by atoms with Crippen LogP contribution in [0.5, 0.6) is 0 Å². The van der Waals surface area contributed by atoms with Crippen molar-refractivity contribution in [3.8, 4) is 0 Å². The summed E-state index contributed by atoms with van der Waals surface area (Å²) in [5, 5.41) is 0. The number of carbonyl (C=O) groups is 1. The summed E-state index contributed by atoms with van der Waals surface area (Å²) < 4.78 is 5.91. The second-order valence-corrected chi connectivity index (χ2v) is 7.55. The van der Waals surface area contributed by atoms with E-state index in [0.29, 0.717) is 13.0 Å². The molecular weight excluding hydrogens is 382 g/mol. The molecule has 4 heteroatoms. The molecule has 1 aliphatic heterocycles. The van der Waals surface area contributed by atoms with Gasteiger partial charge in [-0.15, -0.1) is 12.4 Å². The van der Waals surface area contributed by atoms with Crippen LogP contribution in [0.15, 0.2) is 91.0 Å². The molecule has 4 rings (SSSR count). The van der Waals surface area contributed by atoms with E-state index in [1.165, 1.54) is 5.56 Å². The predicted octanol–water partition coefficient (Wildman–Crippen LogP) is 4.84. The lowest BCUT2D eigenvalue weighted by molar-refractivity contribution is -0.145. The maximum Gasteiger partial charge on any atom is 0.321 e. The number of benzene rings is 3. The van der Waals surface area contributed by atoms with E-state index in [-0.39, 0.29) is 24.5 Å². The highest BCUT2D eigenvalue weighted by Gasteiger charge is 2.51. The number of esters is 1. The Balaban J connectivity index is 0.00000240. The van der Waals surface area contributed by atoms with Crippen LogP contribution in [0.2, 0.25) is 0 Å². The van der Waals surface area contributed by atoms with Gasteiger partial charge in [-0.25, -0.2) is 0 Å². The van der Waals surface area contributed by atoms with Gasteiger partial charge in [0.05, 0.1) is 0 Å². The van der Waals surface area contributed by atoms with Crippen molar-refractivity contribution in [2.75, 3.05) is 13.6 Å². The smallest absolute Gasteiger partial charge is 0.321 e. The second kappa shape index (κ2) is 9.25. The van der Waals surface area contributed by atoms with E-state index < -0.39 is 5.41 Å². The Morgan fingerprint density at radius 2 is 1.34 bits per heavy atom. The van der Waals surface area contributed by atoms with Gasteiger partial charge in [-0.3, -0.25) is 9.69 Å². The molecule has 1 aliphatic rings. The topological polar surface area (TPSA) is 29.5 Å². The molecule has 0 saturated carbocycles. The van der Waals surface area contributed by atoms with Crippen molar-refractivity contribution in [2.45, 2.75) is 24.5 Å². The minimum Gasteiger partial charge on any atom is -0.460 e. The lowest BCUT2D eigenvalue weighted by Gasteiger charge is -2.26.